The van der Waals surface area contributed by atoms with E-state index in [1.54, 1.807) is 13.2 Å². The Labute approximate surface area is 135 Å². The van der Waals surface area contributed by atoms with E-state index in [-0.39, 0.29) is 6.04 Å². The molecule has 0 fully saturated rings. The summed E-state index contributed by atoms with van der Waals surface area (Å²) in [4.78, 5) is 0. The first-order chi connectivity index (χ1) is 10.0. The Hall–Kier alpha value is -1.26. The molecular weight excluding hydrogens is 307 g/mol. The molecule has 0 aliphatic carbocycles. The van der Waals surface area contributed by atoms with Crippen LogP contribution in [0.15, 0.2) is 36.4 Å². The summed E-state index contributed by atoms with van der Waals surface area (Å²) in [5, 5.41) is 1.09. The van der Waals surface area contributed by atoms with E-state index >= 15 is 0 Å². The summed E-state index contributed by atoms with van der Waals surface area (Å²) in [6.07, 6.45) is 0.687. The van der Waals surface area contributed by atoms with Gasteiger partial charge in [-0.15, -0.1) is 0 Å². The van der Waals surface area contributed by atoms with Gasteiger partial charge in [0.25, 0.3) is 0 Å². The van der Waals surface area contributed by atoms with Crippen molar-refractivity contribution in [1.82, 2.24) is 5.43 Å². The van der Waals surface area contributed by atoms with Gasteiger partial charge in [0.05, 0.1) is 23.2 Å². The van der Waals surface area contributed by atoms with Gasteiger partial charge in [-0.3, -0.25) is 11.3 Å². The van der Waals surface area contributed by atoms with Crippen LogP contribution in [0.25, 0.3) is 0 Å². The molecule has 0 amide bonds. The van der Waals surface area contributed by atoms with E-state index < -0.39 is 0 Å². The van der Waals surface area contributed by atoms with Gasteiger partial charge in [0.2, 0.25) is 0 Å². The maximum absolute atomic E-state index is 6.06. The Morgan fingerprint density at radius 2 is 1.90 bits per heavy atom. The number of hydrogen-bond acceptors (Lipinski definition) is 3. The summed E-state index contributed by atoms with van der Waals surface area (Å²) in [5.41, 5.74) is 6.04. The van der Waals surface area contributed by atoms with Crippen LogP contribution in [0.3, 0.4) is 0 Å². The molecule has 5 heteroatoms. The molecule has 3 N–H and O–H groups in total. The first kappa shape index (κ1) is 16.1. The maximum Gasteiger partial charge on any atom is 0.123 e. The molecule has 0 aliphatic heterocycles. The van der Waals surface area contributed by atoms with Gasteiger partial charge in [-0.05, 0) is 42.7 Å². The number of benzene rings is 2. The molecule has 3 nitrogen and oxygen atoms in total. The largest absolute Gasteiger partial charge is 0.496 e. The van der Waals surface area contributed by atoms with E-state index in [4.69, 9.17) is 33.8 Å². The zero-order chi connectivity index (χ0) is 15.4. The Morgan fingerprint density at radius 1 is 1.14 bits per heavy atom. The third-order valence-corrected chi connectivity index (χ3v) is 4.13. The molecule has 21 heavy (non-hydrogen) atoms. The van der Waals surface area contributed by atoms with Crippen molar-refractivity contribution < 1.29 is 4.74 Å². The van der Waals surface area contributed by atoms with E-state index in [2.05, 4.69) is 5.43 Å². The highest BCUT2D eigenvalue weighted by Gasteiger charge is 2.16. The van der Waals surface area contributed by atoms with Gasteiger partial charge >= 0.3 is 0 Å². The van der Waals surface area contributed by atoms with Gasteiger partial charge in [0, 0.05) is 5.56 Å². The quantitative estimate of drug-likeness (QED) is 0.644. The fraction of sp³-hybridized carbons (Fsp3) is 0.250. The van der Waals surface area contributed by atoms with Crippen molar-refractivity contribution in [3.05, 3.63) is 63.1 Å². The third-order valence-electron chi connectivity index (χ3n) is 3.39. The number of halogens is 2. The molecule has 2 aromatic rings. The Morgan fingerprint density at radius 3 is 2.52 bits per heavy atom. The molecule has 112 valence electrons. The van der Waals surface area contributed by atoms with Crippen molar-refractivity contribution in [3.63, 3.8) is 0 Å². The van der Waals surface area contributed by atoms with E-state index in [1.165, 1.54) is 0 Å². The van der Waals surface area contributed by atoms with Gasteiger partial charge < -0.3 is 4.74 Å². The van der Waals surface area contributed by atoms with Gasteiger partial charge in [0.1, 0.15) is 5.75 Å². The van der Waals surface area contributed by atoms with Crippen molar-refractivity contribution in [2.24, 2.45) is 5.84 Å². The molecule has 0 saturated carbocycles. The van der Waals surface area contributed by atoms with Crippen LogP contribution in [0.4, 0.5) is 0 Å². The first-order valence-electron chi connectivity index (χ1n) is 6.59. The molecular formula is C16H18Cl2N2O. The van der Waals surface area contributed by atoms with Gasteiger partial charge in [0.15, 0.2) is 0 Å². The zero-order valence-electron chi connectivity index (χ0n) is 12.0. The van der Waals surface area contributed by atoms with Crippen LogP contribution >= 0.6 is 23.2 Å². The summed E-state index contributed by atoms with van der Waals surface area (Å²) in [6, 6.07) is 11.6. The number of hydrazine groups is 1. The van der Waals surface area contributed by atoms with Crippen molar-refractivity contribution in [3.8, 4) is 5.75 Å². The molecule has 2 aromatic carbocycles. The van der Waals surface area contributed by atoms with Crippen LogP contribution in [0, 0.1) is 6.92 Å². The summed E-state index contributed by atoms with van der Waals surface area (Å²) in [6.45, 7) is 2.02. The number of rotatable bonds is 5. The second-order valence-corrected chi connectivity index (χ2v) is 5.73. The number of ether oxygens (including phenoxy) is 1. The molecule has 0 saturated heterocycles. The highest BCUT2D eigenvalue weighted by molar-refractivity contribution is 6.42. The van der Waals surface area contributed by atoms with Gasteiger partial charge in [-0.1, -0.05) is 41.4 Å². The lowest BCUT2D eigenvalue weighted by Gasteiger charge is -2.20. The minimum absolute atomic E-state index is 0.0715. The van der Waals surface area contributed by atoms with Crippen LogP contribution < -0.4 is 16.0 Å². The molecule has 1 atom stereocenters. The minimum Gasteiger partial charge on any atom is -0.496 e. The highest BCUT2D eigenvalue weighted by atomic mass is 35.5. The van der Waals surface area contributed by atoms with Crippen LogP contribution in [-0.4, -0.2) is 7.11 Å². The lowest BCUT2D eigenvalue weighted by Crippen LogP contribution is -2.30. The standard InChI is InChI=1S/C16H18Cl2N2O/c1-10-3-5-12(16(7-10)21-2)15(20-19)9-11-4-6-13(17)14(18)8-11/h3-8,15,20H,9,19H2,1-2H3. The predicted octanol–water partition coefficient (Wildman–Crippen LogP) is 4.06. The molecule has 0 bridgehead atoms. The Bertz CT molecular complexity index is 632. The third kappa shape index (κ3) is 3.89. The average Bonchev–Trinajstić information content (AvgIpc) is 2.48. The molecule has 0 heterocycles. The number of nitrogens with two attached hydrogens (primary N) is 1. The van der Waals surface area contributed by atoms with Crippen molar-refractivity contribution in [2.75, 3.05) is 7.11 Å². The van der Waals surface area contributed by atoms with E-state index in [0.29, 0.717) is 16.5 Å². The number of nitrogens with one attached hydrogen (secondary N) is 1. The molecule has 2 rings (SSSR count). The lowest BCUT2D eigenvalue weighted by atomic mass is 9.97. The SMILES string of the molecule is COc1cc(C)ccc1C(Cc1ccc(Cl)c(Cl)c1)NN. The molecule has 0 aromatic heterocycles. The molecule has 0 aliphatic rings. The zero-order valence-corrected chi connectivity index (χ0v) is 13.5. The van der Waals surface area contributed by atoms with Crippen molar-refractivity contribution in [1.29, 1.82) is 0 Å². The van der Waals surface area contributed by atoms with Crippen LogP contribution in [0.1, 0.15) is 22.7 Å². The molecule has 1 unspecified atom stereocenters. The number of methoxy groups -OCH3 is 1. The monoisotopic (exact) mass is 324 g/mol. The second-order valence-electron chi connectivity index (χ2n) is 4.92. The molecule has 0 spiro atoms. The fourth-order valence-corrected chi connectivity index (χ4v) is 2.59. The van der Waals surface area contributed by atoms with E-state index in [9.17, 15) is 0 Å². The lowest BCUT2D eigenvalue weighted by molar-refractivity contribution is 0.398. The number of hydrogen-bond donors (Lipinski definition) is 2. The summed E-state index contributed by atoms with van der Waals surface area (Å²) in [5.74, 6) is 6.54. The van der Waals surface area contributed by atoms with Gasteiger partial charge in [-0.25, -0.2) is 0 Å². The summed E-state index contributed by atoms with van der Waals surface area (Å²) < 4.78 is 5.45. The Balaban J connectivity index is 2.29. The Kier molecular flexibility index (Phi) is 5.48. The highest BCUT2D eigenvalue weighted by Crippen LogP contribution is 2.30. The summed E-state index contributed by atoms with van der Waals surface area (Å²) >= 11 is 12.0. The normalized spacial score (nSPS) is 12.2. The van der Waals surface area contributed by atoms with Crippen molar-refractivity contribution >= 4 is 23.2 Å². The van der Waals surface area contributed by atoms with Crippen LogP contribution in [-0.2, 0) is 6.42 Å². The van der Waals surface area contributed by atoms with Crippen LogP contribution in [0.5, 0.6) is 5.75 Å². The predicted molar refractivity (Wildman–Crippen MR) is 88.0 cm³/mol. The van der Waals surface area contributed by atoms with E-state index in [1.807, 2.05) is 37.3 Å². The minimum atomic E-state index is -0.0715. The van der Waals surface area contributed by atoms with Crippen molar-refractivity contribution in [2.45, 2.75) is 19.4 Å². The van der Waals surface area contributed by atoms with Gasteiger partial charge in [-0.2, -0.15) is 0 Å². The maximum atomic E-state index is 6.06. The topological polar surface area (TPSA) is 47.3 Å². The summed E-state index contributed by atoms with van der Waals surface area (Å²) in [7, 11) is 1.66. The van der Waals surface area contributed by atoms with E-state index in [0.717, 1.165) is 22.4 Å². The molecule has 0 radical (unpaired) electrons. The average molecular weight is 325 g/mol. The van der Waals surface area contributed by atoms with Crippen LogP contribution in [0.2, 0.25) is 10.0 Å². The fourth-order valence-electron chi connectivity index (χ4n) is 2.27. The number of aryl methyl sites for hydroxylation is 1. The first-order valence-corrected chi connectivity index (χ1v) is 7.35. The second kappa shape index (κ2) is 7.14. The smallest absolute Gasteiger partial charge is 0.123 e.